The summed E-state index contributed by atoms with van der Waals surface area (Å²) in [6.07, 6.45) is -4.53. The van der Waals surface area contributed by atoms with E-state index in [1.165, 1.54) is 23.1 Å². The number of para-hydroxylation sites is 1. The molecule has 2 aromatic rings. The monoisotopic (exact) mass is 449 g/mol. The number of amides is 2. The number of nitrogens with zero attached hydrogens (tertiary/aromatic N) is 6. The van der Waals surface area contributed by atoms with Crippen LogP contribution in [0.4, 0.5) is 35.3 Å². The Morgan fingerprint density at radius 1 is 0.844 bits per heavy atom. The van der Waals surface area contributed by atoms with Gasteiger partial charge in [0.15, 0.2) is 11.6 Å². The smallest absolute Gasteiger partial charge is 0.353 e. The maximum absolute atomic E-state index is 13.2. The topological polar surface area (TPSA) is 67.8 Å². The van der Waals surface area contributed by atoms with E-state index >= 15 is 0 Å². The molecule has 2 saturated heterocycles. The van der Waals surface area contributed by atoms with E-state index in [0.717, 1.165) is 43.9 Å². The number of alkyl halides is 3. The van der Waals surface area contributed by atoms with Crippen LogP contribution in [0.2, 0.25) is 0 Å². The molecule has 2 fully saturated rings. The predicted octanol–water partition coefficient (Wildman–Crippen LogP) is 2.60. The van der Waals surface area contributed by atoms with E-state index in [2.05, 4.69) is 32.4 Å². The van der Waals surface area contributed by atoms with Crippen molar-refractivity contribution in [1.82, 2.24) is 20.0 Å². The molecule has 0 saturated carbocycles. The number of hydrogen-bond donors (Lipinski definition) is 1. The van der Waals surface area contributed by atoms with Crippen LogP contribution in [-0.4, -0.2) is 85.4 Å². The lowest BCUT2D eigenvalue weighted by Gasteiger charge is -2.36. The van der Waals surface area contributed by atoms with Gasteiger partial charge in [-0.05, 0) is 31.3 Å². The first-order chi connectivity index (χ1) is 15.3. The van der Waals surface area contributed by atoms with E-state index in [1.54, 1.807) is 0 Å². The van der Waals surface area contributed by atoms with Crippen molar-refractivity contribution in [2.24, 2.45) is 0 Å². The number of hydrogen-bond acceptors (Lipinski definition) is 6. The highest BCUT2D eigenvalue weighted by molar-refractivity contribution is 5.90. The number of carbonyl (C=O) groups is 1. The average molecular weight is 449 g/mol. The second kappa shape index (κ2) is 9.19. The Morgan fingerprint density at radius 3 is 1.91 bits per heavy atom. The van der Waals surface area contributed by atoms with E-state index < -0.39 is 17.8 Å². The highest BCUT2D eigenvalue weighted by atomic mass is 19.4. The molecule has 0 atom stereocenters. The van der Waals surface area contributed by atoms with E-state index in [4.69, 9.17) is 0 Å². The van der Waals surface area contributed by atoms with Crippen LogP contribution in [0.5, 0.6) is 0 Å². The quantitative estimate of drug-likeness (QED) is 0.777. The van der Waals surface area contributed by atoms with Gasteiger partial charge < -0.3 is 24.9 Å². The summed E-state index contributed by atoms with van der Waals surface area (Å²) < 4.78 is 39.5. The van der Waals surface area contributed by atoms with Crippen LogP contribution in [0.15, 0.2) is 36.4 Å². The molecule has 11 heteroatoms. The van der Waals surface area contributed by atoms with Crippen molar-refractivity contribution in [2.45, 2.75) is 6.18 Å². The maximum atomic E-state index is 13.2. The standard InChI is InChI=1S/C21H26F3N7O/c1-28-8-10-29(11-9-28)18-6-7-19(27-26-18)30-12-14-31(15-13-30)20(32)25-17-5-3-2-4-16(17)21(22,23)24/h2-7H,8-15H2,1H3,(H,25,32). The Morgan fingerprint density at radius 2 is 1.38 bits per heavy atom. The van der Waals surface area contributed by atoms with E-state index in [1.807, 2.05) is 17.0 Å². The van der Waals surface area contributed by atoms with Gasteiger partial charge in [0.1, 0.15) is 0 Å². The Kier molecular flexibility index (Phi) is 6.35. The first kappa shape index (κ1) is 22.1. The molecule has 3 heterocycles. The summed E-state index contributed by atoms with van der Waals surface area (Å²) in [4.78, 5) is 20.5. The third-order valence-electron chi connectivity index (χ3n) is 5.83. The second-order valence-corrected chi connectivity index (χ2v) is 7.99. The lowest BCUT2D eigenvalue weighted by atomic mass is 10.1. The fourth-order valence-corrected chi connectivity index (χ4v) is 3.86. The Bertz CT molecular complexity index is 922. The van der Waals surface area contributed by atoms with Crippen LogP contribution in [0, 0.1) is 0 Å². The van der Waals surface area contributed by atoms with Gasteiger partial charge in [-0.2, -0.15) is 13.2 Å². The van der Waals surface area contributed by atoms with Gasteiger partial charge in [-0.3, -0.25) is 0 Å². The minimum absolute atomic E-state index is 0.238. The number of nitrogens with one attached hydrogen (secondary N) is 1. The van der Waals surface area contributed by atoms with Gasteiger partial charge in [-0.1, -0.05) is 12.1 Å². The largest absolute Gasteiger partial charge is 0.418 e. The lowest BCUT2D eigenvalue weighted by molar-refractivity contribution is -0.136. The number of aromatic nitrogens is 2. The molecule has 8 nitrogen and oxygen atoms in total. The second-order valence-electron chi connectivity index (χ2n) is 7.99. The van der Waals surface area contributed by atoms with E-state index in [9.17, 15) is 18.0 Å². The van der Waals surface area contributed by atoms with Crippen LogP contribution < -0.4 is 15.1 Å². The molecule has 2 aliphatic heterocycles. The highest BCUT2D eigenvalue weighted by Gasteiger charge is 2.34. The molecular weight excluding hydrogens is 423 g/mol. The Balaban J connectivity index is 1.32. The molecule has 0 radical (unpaired) electrons. The zero-order chi connectivity index (χ0) is 22.7. The number of piperazine rings is 2. The van der Waals surface area contributed by atoms with E-state index in [0.29, 0.717) is 26.2 Å². The van der Waals surface area contributed by atoms with Crippen molar-refractivity contribution < 1.29 is 18.0 Å². The predicted molar refractivity (Wildman–Crippen MR) is 116 cm³/mol. The molecule has 1 aromatic carbocycles. The minimum atomic E-state index is -4.53. The highest BCUT2D eigenvalue weighted by Crippen LogP contribution is 2.34. The molecule has 0 aliphatic carbocycles. The van der Waals surface area contributed by atoms with Gasteiger partial charge in [-0.15, -0.1) is 10.2 Å². The molecule has 2 amide bonds. The molecular formula is C21H26F3N7O. The summed E-state index contributed by atoms with van der Waals surface area (Å²) in [5, 5.41) is 11.1. The Hall–Kier alpha value is -3.08. The molecule has 0 unspecified atom stereocenters. The summed E-state index contributed by atoms with van der Waals surface area (Å²) in [5.41, 5.74) is -1.10. The number of urea groups is 1. The fraction of sp³-hybridized carbons (Fsp3) is 0.476. The first-order valence-electron chi connectivity index (χ1n) is 10.6. The maximum Gasteiger partial charge on any atom is 0.418 e. The summed E-state index contributed by atoms with van der Waals surface area (Å²) in [6, 6.07) is 8.32. The molecule has 0 spiro atoms. The number of anilines is 3. The number of carbonyl (C=O) groups excluding carboxylic acids is 1. The summed E-state index contributed by atoms with van der Waals surface area (Å²) in [7, 11) is 2.10. The van der Waals surface area contributed by atoms with Crippen LogP contribution in [0.3, 0.4) is 0 Å². The summed E-state index contributed by atoms with van der Waals surface area (Å²) in [6.45, 7) is 5.60. The minimum Gasteiger partial charge on any atom is -0.353 e. The van der Waals surface area contributed by atoms with Gasteiger partial charge in [0.05, 0.1) is 11.3 Å². The molecule has 1 N–H and O–H groups in total. The van der Waals surface area contributed by atoms with Crippen molar-refractivity contribution in [1.29, 1.82) is 0 Å². The molecule has 4 rings (SSSR count). The van der Waals surface area contributed by atoms with Crippen molar-refractivity contribution in [3.63, 3.8) is 0 Å². The number of benzene rings is 1. The average Bonchev–Trinajstić information content (AvgIpc) is 2.79. The van der Waals surface area contributed by atoms with Crippen LogP contribution >= 0.6 is 0 Å². The van der Waals surface area contributed by atoms with Crippen LogP contribution in [-0.2, 0) is 6.18 Å². The molecule has 2 aliphatic rings. The lowest BCUT2D eigenvalue weighted by Crippen LogP contribution is -2.50. The summed E-state index contributed by atoms with van der Waals surface area (Å²) >= 11 is 0. The molecule has 1 aromatic heterocycles. The third kappa shape index (κ3) is 5.04. The molecule has 0 bridgehead atoms. The SMILES string of the molecule is CN1CCN(c2ccc(N3CCN(C(=O)Nc4ccccc4C(F)(F)F)CC3)nn2)CC1. The third-order valence-corrected chi connectivity index (χ3v) is 5.83. The number of likely N-dealkylation sites (N-methyl/N-ethyl adjacent to an activating group) is 1. The number of halogens is 3. The van der Waals surface area contributed by atoms with Crippen LogP contribution in [0.25, 0.3) is 0 Å². The van der Waals surface area contributed by atoms with Gasteiger partial charge in [0.25, 0.3) is 0 Å². The molecule has 32 heavy (non-hydrogen) atoms. The van der Waals surface area contributed by atoms with Crippen LogP contribution in [0.1, 0.15) is 5.56 Å². The van der Waals surface area contributed by atoms with Gasteiger partial charge in [-0.25, -0.2) is 4.79 Å². The number of rotatable bonds is 3. The van der Waals surface area contributed by atoms with Crippen molar-refractivity contribution in [2.75, 3.05) is 74.5 Å². The normalized spacial score (nSPS) is 18.1. The zero-order valence-corrected chi connectivity index (χ0v) is 17.8. The van der Waals surface area contributed by atoms with E-state index in [-0.39, 0.29) is 5.69 Å². The zero-order valence-electron chi connectivity index (χ0n) is 17.8. The summed E-state index contributed by atoms with van der Waals surface area (Å²) in [5.74, 6) is 1.58. The molecule has 172 valence electrons. The van der Waals surface area contributed by atoms with Crippen molar-refractivity contribution in [3.8, 4) is 0 Å². The first-order valence-corrected chi connectivity index (χ1v) is 10.6. The Labute approximate surface area is 184 Å². The van der Waals surface area contributed by atoms with Crippen molar-refractivity contribution in [3.05, 3.63) is 42.0 Å². The van der Waals surface area contributed by atoms with Crippen molar-refractivity contribution >= 4 is 23.4 Å². The van der Waals surface area contributed by atoms with Gasteiger partial charge in [0.2, 0.25) is 0 Å². The van der Waals surface area contributed by atoms with Gasteiger partial charge >= 0.3 is 12.2 Å². The fourth-order valence-electron chi connectivity index (χ4n) is 3.86. The van der Waals surface area contributed by atoms with Gasteiger partial charge in [0, 0.05) is 52.4 Å².